The molecular weight excluding hydrogens is 382 g/mol. The van der Waals surface area contributed by atoms with E-state index >= 15 is 0 Å². The number of fused-ring (bicyclic) bond motifs is 5. The summed E-state index contributed by atoms with van der Waals surface area (Å²) in [7, 11) is 1.57. The number of oxime groups is 1. The molecule has 0 aromatic carbocycles. The molecule has 0 aromatic heterocycles. The molecule has 0 amide bonds. The van der Waals surface area contributed by atoms with Gasteiger partial charge in [0, 0.05) is 25.7 Å². The zero-order chi connectivity index (χ0) is 21.7. The van der Waals surface area contributed by atoms with Gasteiger partial charge in [0.05, 0.1) is 0 Å². The van der Waals surface area contributed by atoms with Crippen molar-refractivity contribution in [3.8, 4) is 0 Å². The summed E-state index contributed by atoms with van der Waals surface area (Å²) in [5.41, 5.74) is 2.46. The predicted molar refractivity (Wildman–Crippen MR) is 113 cm³/mol. The van der Waals surface area contributed by atoms with Gasteiger partial charge < -0.3 is 14.3 Å². The lowest BCUT2D eigenvalue weighted by Gasteiger charge is -2.57. The van der Waals surface area contributed by atoms with Crippen LogP contribution in [0.25, 0.3) is 0 Å². The summed E-state index contributed by atoms with van der Waals surface area (Å²) in [6, 6.07) is 0. The first kappa shape index (κ1) is 21.4. The van der Waals surface area contributed by atoms with Gasteiger partial charge in [-0.15, -0.1) is 0 Å². The maximum Gasteiger partial charge on any atom is 0.303 e. The Labute approximate surface area is 179 Å². The van der Waals surface area contributed by atoms with Crippen LogP contribution < -0.4 is 0 Å². The van der Waals surface area contributed by atoms with Gasteiger partial charge in [0.25, 0.3) is 0 Å². The highest BCUT2D eigenvalue weighted by Gasteiger charge is 2.61. The molecule has 6 nitrogen and oxygen atoms in total. The summed E-state index contributed by atoms with van der Waals surface area (Å²) in [5.74, 6) is 1.14. The highest BCUT2D eigenvalue weighted by Crippen LogP contribution is 2.64. The molecule has 0 aromatic rings. The van der Waals surface area contributed by atoms with E-state index in [-0.39, 0.29) is 35.0 Å². The number of esters is 2. The Morgan fingerprint density at radius 3 is 2.40 bits per heavy atom. The molecule has 0 spiro atoms. The zero-order valence-corrected chi connectivity index (χ0v) is 18.9. The van der Waals surface area contributed by atoms with E-state index in [0.29, 0.717) is 17.8 Å². The smallest absolute Gasteiger partial charge is 0.303 e. The minimum Gasteiger partial charge on any atom is -0.462 e. The van der Waals surface area contributed by atoms with Gasteiger partial charge in [-0.3, -0.25) is 9.59 Å². The first-order chi connectivity index (χ1) is 14.2. The third-order valence-corrected chi connectivity index (χ3v) is 8.64. The fourth-order valence-corrected chi connectivity index (χ4v) is 7.31. The zero-order valence-electron chi connectivity index (χ0n) is 18.9. The van der Waals surface area contributed by atoms with Crippen LogP contribution in [-0.2, 0) is 23.9 Å². The number of carbonyl (C=O) groups excluding carboxylic acids is 2. The van der Waals surface area contributed by atoms with Gasteiger partial charge in [0.1, 0.15) is 25.0 Å². The van der Waals surface area contributed by atoms with Gasteiger partial charge in [-0.25, -0.2) is 0 Å². The van der Waals surface area contributed by atoms with Crippen molar-refractivity contribution in [3.05, 3.63) is 11.6 Å². The topological polar surface area (TPSA) is 74.2 Å². The van der Waals surface area contributed by atoms with Crippen LogP contribution in [0.1, 0.15) is 72.6 Å². The maximum atomic E-state index is 11.7. The van der Waals surface area contributed by atoms with Crippen LogP contribution in [0.3, 0.4) is 0 Å². The molecule has 0 saturated heterocycles. The lowest BCUT2D eigenvalue weighted by molar-refractivity contribution is -0.148. The van der Waals surface area contributed by atoms with Crippen LogP contribution in [0.2, 0.25) is 0 Å². The Bertz CT molecular complexity index is 788. The van der Waals surface area contributed by atoms with E-state index < -0.39 is 0 Å². The molecule has 6 heteroatoms. The average Bonchev–Trinajstić information content (AvgIpc) is 2.93. The number of hydrogen-bond acceptors (Lipinski definition) is 6. The average molecular weight is 418 g/mol. The third kappa shape index (κ3) is 3.36. The predicted octanol–water partition coefficient (Wildman–Crippen LogP) is 4.42. The third-order valence-electron chi connectivity index (χ3n) is 8.64. The summed E-state index contributed by atoms with van der Waals surface area (Å²) in [6.45, 7) is 7.68. The maximum absolute atomic E-state index is 11.7. The molecule has 3 fully saturated rings. The summed E-state index contributed by atoms with van der Waals surface area (Å²) in [5, 5.41) is 4.36. The first-order valence-electron chi connectivity index (χ1n) is 11.3. The molecule has 0 N–H and O–H groups in total. The largest absolute Gasteiger partial charge is 0.462 e. The van der Waals surface area contributed by atoms with E-state index in [1.54, 1.807) is 7.11 Å². The number of nitrogens with zero attached hydrogens (tertiary/aromatic N) is 1. The Morgan fingerprint density at radius 1 is 1.03 bits per heavy atom. The fraction of sp³-hybridized carbons (Fsp3) is 0.792. The summed E-state index contributed by atoms with van der Waals surface area (Å²) in [6.07, 6.45) is 9.07. The van der Waals surface area contributed by atoms with Gasteiger partial charge in [-0.1, -0.05) is 30.7 Å². The Morgan fingerprint density at radius 2 is 1.73 bits per heavy atom. The quantitative estimate of drug-likeness (QED) is 0.386. The molecule has 30 heavy (non-hydrogen) atoms. The highest BCUT2D eigenvalue weighted by atomic mass is 16.6. The van der Waals surface area contributed by atoms with Crippen molar-refractivity contribution >= 4 is 17.7 Å². The molecule has 0 aliphatic heterocycles. The minimum atomic E-state index is -0.283. The Hall–Kier alpha value is -1.85. The molecule has 3 saturated carbocycles. The fourth-order valence-electron chi connectivity index (χ4n) is 7.31. The molecule has 166 valence electrons. The van der Waals surface area contributed by atoms with E-state index in [2.05, 4.69) is 25.1 Å². The van der Waals surface area contributed by atoms with E-state index in [0.717, 1.165) is 50.7 Å². The molecule has 4 aliphatic carbocycles. The Kier molecular flexibility index (Phi) is 5.48. The second kappa shape index (κ2) is 7.69. The van der Waals surface area contributed by atoms with Gasteiger partial charge in [-0.05, 0) is 61.7 Å². The van der Waals surface area contributed by atoms with Crippen LogP contribution >= 0.6 is 0 Å². The number of allylic oxidation sites excluding steroid dienone is 1. The van der Waals surface area contributed by atoms with Crippen molar-refractivity contribution in [2.75, 3.05) is 7.11 Å². The van der Waals surface area contributed by atoms with E-state index in [1.807, 2.05) is 0 Å². The molecule has 2 unspecified atom stereocenters. The molecule has 0 heterocycles. The van der Waals surface area contributed by atoms with Gasteiger partial charge in [0.15, 0.2) is 0 Å². The lowest BCUT2D eigenvalue weighted by atomic mass is 9.48. The van der Waals surface area contributed by atoms with Crippen molar-refractivity contribution < 1.29 is 23.9 Å². The molecule has 4 rings (SSSR count). The van der Waals surface area contributed by atoms with Crippen molar-refractivity contribution in [3.63, 3.8) is 0 Å². The van der Waals surface area contributed by atoms with Gasteiger partial charge in [0.2, 0.25) is 0 Å². The molecule has 7 atom stereocenters. The van der Waals surface area contributed by atoms with Crippen molar-refractivity contribution in [1.82, 2.24) is 0 Å². The molecule has 0 radical (unpaired) electrons. The SMILES string of the molecule is CO/N=C1/C(OC(C)=O)C[C@H]2[C@@H]3CC=C4CC(OC(C)=O)CC[C@]4(C)[C@H]3CC[C@]12C. The molecule has 0 bridgehead atoms. The standard InChI is InChI=1S/C24H35NO5/c1-14(26)29-17-8-10-23(3)16(12-17)6-7-18-19(23)9-11-24(4)20(18)13-21(30-15(2)27)22(24)25-28-5/h6,17-21H,7-13H2,1-5H3/b25-22-/t17?,18-,19+,20+,21?,23+,24+/m1/s1. The van der Waals surface area contributed by atoms with Crippen LogP contribution in [0.4, 0.5) is 0 Å². The number of hydrogen-bond donors (Lipinski definition) is 0. The van der Waals surface area contributed by atoms with Crippen LogP contribution in [0, 0.1) is 28.6 Å². The minimum absolute atomic E-state index is 0.0208. The summed E-state index contributed by atoms with van der Waals surface area (Å²) in [4.78, 5) is 28.3. The molecule has 4 aliphatic rings. The van der Waals surface area contributed by atoms with Crippen molar-refractivity contribution in [2.24, 2.45) is 33.7 Å². The number of carbonyl (C=O) groups is 2. The first-order valence-corrected chi connectivity index (χ1v) is 11.3. The van der Waals surface area contributed by atoms with Crippen molar-refractivity contribution in [1.29, 1.82) is 0 Å². The Balaban J connectivity index is 1.61. The second-order valence-electron chi connectivity index (χ2n) is 10.2. The van der Waals surface area contributed by atoms with Crippen LogP contribution in [0.5, 0.6) is 0 Å². The highest BCUT2D eigenvalue weighted by molar-refractivity contribution is 5.97. The van der Waals surface area contributed by atoms with Gasteiger partial charge in [-0.2, -0.15) is 0 Å². The van der Waals surface area contributed by atoms with E-state index in [4.69, 9.17) is 14.3 Å². The summed E-state index contributed by atoms with van der Waals surface area (Å²) >= 11 is 0. The molecular formula is C24H35NO5. The lowest BCUT2D eigenvalue weighted by Crippen LogP contribution is -2.50. The van der Waals surface area contributed by atoms with Crippen LogP contribution in [-0.4, -0.2) is 37.0 Å². The van der Waals surface area contributed by atoms with E-state index in [9.17, 15) is 9.59 Å². The summed E-state index contributed by atoms with van der Waals surface area (Å²) < 4.78 is 11.2. The van der Waals surface area contributed by atoms with Crippen molar-refractivity contribution in [2.45, 2.75) is 84.8 Å². The van der Waals surface area contributed by atoms with Crippen LogP contribution in [0.15, 0.2) is 16.8 Å². The van der Waals surface area contributed by atoms with E-state index in [1.165, 1.54) is 19.4 Å². The number of rotatable bonds is 3. The van der Waals surface area contributed by atoms with Gasteiger partial charge >= 0.3 is 11.9 Å². The monoisotopic (exact) mass is 417 g/mol. The normalized spacial score (nSPS) is 43.7. The number of ether oxygens (including phenoxy) is 2. The second-order valence-corrected chi connectivity index (χ2v) is 10.2.